The van der Waals surface area contributed by atoms with E-state index in [0.29, 0.717) is 32.8 Å². The molecule has 2 atom stereocenters. The van der Waals surface area contributed by atoms with E-state index in [1.807, 2.05) is 0 Å². The second-order valence-corrected chi connectivity index (χ2v) is 11.9. The minimum absolute atomic E-state index is 0.0812. The third-order valence-electron chi connectivity index (χ3n) is 6.58. The molecule has 0 fully saturated rings. The molecule has 4 aromatic rings. The first-order valence-corrected chi connectivity index (χ1v) is 14.6. The van der Waals surface area contributed by atoms with Crippen LogP contribution in [0.3, 0.4) is 0 Å². The number of methoxy groups -OCH3 is 2. The van der Waals surface area contributed by atoms with Gasteiger partial charge in [-0.25, -0.2) is 0 Å². The number of ketones is 2. The Morgan fingerprint density at radius 1 is 0.643 bits per heavy atom. The molecule has 0 aliphatic carbocycles. The van der Waals surface area contributed by atoms with Gasteiger partial charge in [0.15, 0.2) is 34.6 Å². The number of carboxylic acids is 2. The predicted octanol–water partition coefficient (Wildman–Crippen LogP) is 6.18. The lowest BCUT2D eigenvalue weighted by Gasteiger charge is -2.13. The number of benzene rings is 2. The molecule has 4 rings (SSSR count). The van der Waals surface area contributed by atoms with Crippen molar-refractivity contribution in [2.45, 2.75) is 26.7 Å². The first kappa shape index (κ1) is 30.8. The zero-order valence-electron chi connectivity index (χ0n) is 23.4. The Hall–Kier alpha value is -4.16. The highest BCUT2D eigenvalue weighted by molar-refractivity contribution is 7.21. The maximum Gasteiger partial charge on any atom is 0.306 e. The number of thiophene rings is 2. The van der Waals surface area contributed by atoms with Crippen molar-refractivity contribution in [2.75, 3.05) is 27.4 Å². The van der Waals surface area contributed by atoms with Crippen molar-refractivity contribution in [2.24, 2.45) is 11.8 Å². The topological polar surface area (TPSA) is 146 Å². The average molecular weight is 615 g/mol. The molecule has 0 spiro atoms. The van der Waals surface area contributed by atoms with Gasteiger partial charge in [0.1, 0.15) is 13.2 Å². The van der Waals surface area contributed by atoms with Crippen molar-refractivity contribution >= 4 is 66.4 Å². The van der Waals surface area contributed by atoms with Crippen molar-refractivity contribution < 1.29 is 48.3 Å². The molecule has 2 aromatic carbocycles. The number of Topliss-reactive ketones (excluding diaryl/α,β-unsaturated/α-hetero) is 2. The van der Waals surface area contributed by atoms with E-state index in [1.165, 1.54) is 50.7 Å². The van der Waals surface area contributed by atoms with E-state index >= 15 is 0 Å². The zero-order chi connectivity index (χ0) is 30.6. The summed E-state index contributed by atoms with van der Waals surface area (Å²) in [7, 11) is 3.03. The molecule has 0 amide bonds. The number of carboxylic acid groups (broad SMARTS) is 2. The van der Waals surface area contributed by atoms with Crippen LogP contribution >= 0.6 is 22.7 Å². The number of fused-ring (bicyclic) bond motifs is 2. The molecule has 2 N–H and O–H groups in total. The monoisotopic (exact) mass is 614 g/mol. The molecule has 0 bridgehead atoms. The normalized spacial score (nSPS) is 12.6. The molecule has 0 radical (unpaired) electrons. The Morgan fingerprint density at radius 3 is 1.36 bits per heavy atom. The van der Waals surface area contributed by atoms with Crippen molar-refractivity contribution in [3.8, 4) is 23.0 Å². The molecular formula is C30H30O10S2. The van der Waals surface area contributed by atoms with Crippen LogP contribution in [0.4, 0.5) is 0 Å². The highest BCUT2D eigenvalue weighted by atomic mass is 32.1. The molecule has 10 nitrogen and oxygen atoms in total. The van der Waals surface area contributed by atoms with Crippen molar-refractivity contribution in [1.29, 1.82) is 0 Å². The Morgan fingerprint density at radius 2 is 1.02 bits per heavy atom. The molecular weight excluding hydrogens is 584 g/mol. The summed E-state index contributed by atoms with van der Waals surface area (Å²) in [5.41, 5.74) is 0. The van der Waals surface area contributed by atoms with E-state index in [-0.39, 0.29) is 37.6 Å². The van der Waals surface area contributed by atoms with Crippen LogP contribution in [0.2, 0.25) is 0 Å². The van der Waals surface area contributed by atoms with Gasteiger partial charge >= 0.3 is 11.9 Å². The van der Waals surface area contributed by atoms with Crippen LogP contribution in [0, 0.1) is 11.8 Å². The molecule has 42 heavy (non-hydrogen) atoms. The zero-order valence-corrected chi connectivity index (χ0v) is 25.1. The summed E-state index contributed by atoms with van der Waals surface area (Å²) in [4.78, 5) is 48.3. The molecule has 2 aromatic heterocycles. The van der Waals surface area contributed by atoms with Crippen molar-refractivity contribution in [3.63, 3.8) is 0 Å². The fourth-order valence-corrected chi connectivity index (χ4v) is 6.19. The quantitative estimate of drug-likeness (QED) is 0.118. The summed E-state index contributed by atoms with van der Waals surface area (Å²) >= 11 is 2.54. The van der Waals surface area contributed by atoms with Crippen LogP contribution in [0.15, 0.2) is 36.4 Å². The molecule has 0 aliphatic heterocycles. The third kappa shape index (κ3) is 7.00. The minimum Gasteiger partial charge on any atom is -0.493 e. The van der Waals surface area contributed by atoms with Crippen LogP contribution in [0.1, 0.15) is 46.0 Å². The van der Waals surface area contributed by atoms with Gasteiger partial charge in [-0.3, -0.25) is 19.2 Å². The van der Waals surface area contributed by atoms with E-state index in [9.17, 15) is 19.2 Å². The Bertz CT molecular complexity index is 1530. The Labute approximate surface area is 249 Å². The van der Waals surface area contributed by atoms with E-state index in [1.54, 1.807) is 36.4 Å². The lowest BCUT2D eigenvalue weighted by Crippen LogP contribution is -2.13. The van der Waals surface area contributed by atoms with Gasteiger partial charge in [0.25, 0.3) is 0 Å². The SMILES string of the molecule is COc1cc2sc(C(=O)C[C@H](C)C(=O)O)cc2cc1OCCOc1cc2cc(C(=O)C[C@H](C)C(=O)O)sc2cc1OC. The molecule has 2 heterocycles. The number of aliphatic carboxylic acids is 2. The van der Waals surface area contributed by atoms with Crippen LogP contribution in [-0.4, -0.2) is 61.2 Å². The summed E-state index contributed by atoms with van der Waals surface area (Å²) in [6.45, 7) is 3.33. The lowest BCUT2D eigenvalue weighted by atomic mass is 10.0. The van der Waals surface area contributed by atoms with Crippen LogP contribution in [0.25, 0.3) is 20.2 Å². The first-order valence-electron chi connectivity index (χ1n) is 13.0. The van der Waals surface area contributed by atoms with Crippen LogP contribution in [-0.2, 0) is 9.59 Å². The van der Waals surface area contributed by atoms with E-state index < -0.39 is 23.8 Å². The van der Waals surface area contributed by atoms with E-state index in [2.05, 4.69) is 0 Å². The highest BCUT2D eigenvalue weighted by Crippen LogP contribution is 2.39. The fourth-order valence-electron chi connectivity index (χ4n) is 4.15. The second kappa shape index (κ2) is 13.2. The van der Waals surface area contributed by atoms with Gasteiger partial charge in [0.05, 0.1) is 35.8 Å². The molecule has 0 saturated carbocycles. The first-order chi connectivity index (χ1) is 20.0. The summed E-state index contributed by atoms with van der Waals surface area (Å²) < 4.78 is 24.5. The van der Waals surface area contributed by atoms with Crippen LogP contribution in [0.5, 0.6) is 23.0 Å². The molecule has 222 valence electrons. The number of ether oxygens (including phenoxy) is 4. The highest BCUT2D eigenvalue weighted by Gasteiger charge is 2.21. The smallest absolute Gasteiger partial charge is 0.306 e. The predicted molar refractivity (Wildman–Crippen MR) is 159 cm³/mol. The molecule has 12 heteroatoms. The second-order valence-electron chi connectivity index (χ2n) is 9.73. The number of carbonyl (C=O) groups excluding carboxylic acids is 2. The number of hydrogen-bond donors (Lipinski definition) is 2. The maximum atomic E-state index is 12.6. The van der Waals surface area contributed by atoms with E-state index in [0.717, 1.165) is 20.2 Å². The fraction of sp³-hybridized carbons (Fsp3) is 0.333. The Kier molecular flexibility index (Phi) is 9.69. The number of carbonyl (C=O) groups is 4. The largest absolute Gasteiger partial charge is 0.493 e. The molecule has 0 saturated heterocycles. The van der Waals surface area contributed by atoms with Gasteiger partial charge < -0.3 is 29.2 Å². The van der Waals surface area contributed by atoms with Crippen molar-refractivity contribution in [3.05, 3.63) is 46.2 Å². The summed E-state index contributed by atoms with van der Waals surface area (Å²) in [6, 6.07) is 10.5. The van der Waals surface area contributed by atoms with Gasteiger partial charge in [-0.05, 0) is 35.0 Å². The molecule has 0 unspecified atom stereocenters. The Balaban J connectivity index is 1.43. The minimum atomic E-state index is -1.01. The van der Waals surface area contributed by atoms with Gasteiger partial charge in [-0.15, -0.1) is 22.7 Å². The van der Waals surface area contributed by atoms with Gasteiger partial charge in [0.2, 0.25) is 0 Å². The lowest BCUT2D eigenvalue weighted by molar-refractivity contribution is -0.141. The maximum absolute atomic E-state index is 12.6. The van der Waals surface area contributed by atoms with Gasteiger partial charge in [0, 0.05) is 34.4 Å². The van der Waals surface area contributed by atoms with Gasteiger partial charge in [-0.1, -0.05) is 13.8 Å². The number of rotatable bonds is 15. The summed E-state index contributed by atoms with van der Waals surface area (Å²) in [6.07, 6.45) is -0.162. The van der Waals surface area contributed by atoms with Crippen molar-refractivity contribution in [1.82, 2.24) is 0 Å². The average Bonchev–Trinajstić information content (AvgIpc) is 3.57. The van der Waals surface area contributed by atoms with Crippen LogP contribution < -0.4 is 18.9 Å². The third-order valence-corrected chi connectivity index (χ3v) is 8.86. The summed E-state index contributed by atoms with van der Waals surface area (Å²) in [5, 5.41) is 19.8. The molecule has 0 aliphatic rings. The standard InChI is InChI=1S/C30H30O10S2/c1-15(29(33)34)7-19(31)27-11-17-9-23(21(37-3)13-25(17)41-27)39-5-6-40-24-10-18-12-28(20(32)8-16(2)30(35)36)42-26(18)14-22(24)38-4/h9-16H,5-8H2,1-4H3,(H,33,34)(H,35,36)/t15-,16-/m0/s1. The number of hydrogen-bond acceptors (Lipinski definition) is 10. The summed E-state index contributed by atoms with van der Waals surface area (Å²) in [5.74, 6) is -2.15. The van der Waals surface area contributed by atoms with E-state index in [4.69, 9.17) is 29.2 Å². The van der Waals surface area contributed by atoms with Gasteiger partial charge in [-0.2, -0.15) is 0 Å².